The SMILES string of the molecule is C[C@H](CC(=O)[C@H](Cc1ccc(OC(C)(C)C)cc1)NC(=O)C(Cc1cc(-c2ccc(-c3cccc(Cl)c3)cc2)no1)CP(=O)(OC12CC3CC(CC(C3)C1)C2)[C@H](Cc1ccccc1)NC(=O)[C@H](C)CC(=O)[C@@H]1CCCN1C(=O)OCC1c2ccccc2-c2ccccc21)C(=O)NCC(=O)N(C)CCCOCCOCCOCCCCC(=O)CCCCC1SCC2NC(=O)NC21. The minimum atomic E-state index is -4.48. The molecule has 5 N–H and O–H groups in total. The van der Waals surface area contributed by atoms with E-state index in [2.05, 4.69) is 56.0 Å². The van der Waals surface area contributed by atoms with Gasteiger partial charge in [0.2, 0.25) is 31.0 Å². The summed E-state index contributed by atoms with van der Waals surface area (Å²) >= 11 is 8.32. The largest absolute Gasteiger partial charge is 0.488 e. The molecule has 15 rings (SSSR count). The third-order valence-electron chi connectivity index (χ3n) is 26.7. The zero-order valence-electron chi connectivity index (χ0n) is 75.9. The van der Waals surface area contributed by atoms with Crippen molar-refractivity contribution in [3.05, 3.63) is 191 Å². The van der Waals surface area contributed by atoms with Gasteiger partial charge in [-0.3, -0.25) is 43.0 Å². The number of carbonyl (C=O) groups excluding carboxylic acids is 9. The summed E-state index contributed by atoms with van der Waals surface area (Å²) in [5.41, 5.74) is 7.26. The zero-order valence-corrected chi connectivity index (χ0v) is 78.3. The fourth-order valence-corrected chi connectivity index (χ4v) is 25.1. The predicted octanol–water partition coefficient (Wildman–Crippen LogP) is 16.8. The molecular formula is C102H128ClN8O17PS. The number of unbranched alkanes of at least 4 members (excludes halogenated alkanes) is 2. The van der Waals surface area contributed by atoms with Crippen molar-refractivity contribution in [2.75, 3.05) is 84.8 Å². The molecule has 3 aliphatic heterocycles. The van der Waals surface area contributed by atoms with E-state index in [0.29, 0.717) is 155 Å². The van der Waals surface area contributed by atoms with Gasteiger partial charge in [0.05, 0.1) is 68.7 Å². The van der Waals surface area contributed by atoms with E-state index < -0.39 is 90.0 Å². The number of ketones is 3. The van der Waals surface area contributed by atoms with Crippen LogP contribution in [0.1, 0.15) is 184 Å². The van der Waals surface area contributed by atoms with Gasteiger partial charge in [0.1, 0.15) is 41.0 Å². The van der Waals surface area contributed by atoms with E-state index in [4.69, 9.17) is 44.3 Å². The maximum atomic E-state index is 17.8. The number of hydrogen-bond donors (Lipinski definition) is 5. The Bertz CT molecular complexity index is 5030. The van der Waals surface area contributed by atoms with Gasteiger partial charge in [0.15, 0.2) is 11.6 Å². The smallest absolute Gasteiger partial charge is 0.410 e. The Hall–Kier alpha value is -9.53. The first-order chi connectivity index (χ1) is 62.7. The van der Waals surface area contributed by atoms with Crippen LogP contribution < -0.4 is 31.3 Å². The first-order valence-corrected chi connectivity index (χ1v) is 50.1. The average molecular weight is 1840 g/mol. The summed E-state index contributed by atoms with van der Waals surface area (Å²) < 4.78 is 61.1. The van der Waals surface area contributed by atoms with Crippen molar-refractivity contribution >= 4 is 83.8 Å². The quantitative estimate of drug-likeness (QED) is 0.0134. The Kier molecular flexibility index (Phi) is 33.6. The van der Waals surface area contributed by atoms with Crippen LogP contribution >= 0.6 is 30.7 Å². The Morgan fingerprint density at radius 3 is 1.98 bits per heavy atom. The molecule has 7 amide bonds. The molecule has 0 spiro atoms. The number of fused-ring (bicyclic) bond motifs is 4. The van der Waals surface area contributed by atoms with E-state index in [-0.39, 0.29) is 92.5 Å². The molecule has 130 heavy (non-hydrogen) atoms. The number of nitrogens with zero attached hydrogens (tertiary/aromatic N) is 3. The molecule has 10 atom stereocenters. The first-order valence-electron chi connectivity index (χ1n) is 46.8. The molecule has 6 aromatic carbocycles. The summed E-state index contributed by atoms with van der Waals surface area (Å²) in [4.78, 5) is 131. The fraction of sp³-hybridized carbons (Fsp3) is 0.529. The third-order valence-corrected chi connectivity index (χ3v) is 31.3. The summed E-state index contributed by atoms with van der Waals surface area (Å²) in [6.45, 7) is 11.9. The highest BCUT2D eigenvalue weighted by molar-refractivity contribution is 8.00. The fourth-order valence-electron chi connectivity index (χ4n) is 20.4. The predicted molar refractivity (Wildman–Crippen MR) is 501 cm³/mol. The molecule has 8 aliphatic rings. The van der Waals surface area contributed by atoms with Crippen LogP contribution in [0.25, 0.3) is 33.5 Å². The van der Waals surface area contributed by atoms with Crippen LogP contribution in [0.3, 0.4) is 0 Å². The lowest BCUT2D eigenvalue weighted by Crippen LogP contribution is -2.53. The molecule has 4 saturated carbocycles. The van der Waals surface area contributed by atoms with Gasteiger partial charge in [-0.25, -0.2) is 9.59 Å². The van der Waals surface area contributed by atoms with Gasteiger partial charge < -0.3 is 64.2 Å². The van der Waals surface area contributed by atoms with E-state index in [1.165, 1.54) is 9.80 Å². The van der Waals surface area contributed by atoms with Crippen molar-refractivity contribution in [3.63, 3.8) is 0 Å². The topological polar surface area (TPSA) is 319 Å². The number of rotatable bonds is 49. The highest BCUT2D eigenvalue weighted by Gasteiger charge is 2.56. The lowest BCUT2D eigenvalue weighted by atomic mass is 9.54. The molecule has 7 aromatic rings. The van der Waals surface area contributed by atoms with Crippen molar-refractivity contribution in [3.8, 4) is 39.3 Å². The Morgan fingerprint density at radius 1 is 0.669 bits per heavy atom. The molecule has 1 aromatic heterocycles. The van der Waals surface area contributed by atoms with Crippen LogP contribution in [0.5, 0.6) is 5.75 Å². The van der Waals surface area contributed by atoms with Gasteiger partial charge in [-0.15, -0.1) is 0 Å². The number of benzene rings is 6. The van der Waals surface area contributed by atoms with Crippen LogP contribution in [-0.2, 0) is 80.9 Å². The normalized spacial score (nSPS) is 21.6. The van der Waals surface area contributed by atoms with E-state index in [1.807, 2.05) is 148 Å². The third kappa shape index (κ3) is 26.3. The minimum absolute atomic E-state index is 0.00465. The van der Waals surface area contributed by atoms with Crippen molar-refractivity contribution in [2.24, 2.45) is 35.5 Å². The summed E-state index contributed by atoms with van der Waals surface area (Å²) in [6, 6.07) is 47.9. The van der Waals surface area contributed by atoms with Crippen molar-refractivity contribution < 1.29 is 80.4 Å². The molecule has 0 radical (unpaired) electrons. The molecule has 696 valence electrons. The van der Waals surface area contributed by atoms with Gasteiger partial charge in [-0.1, -0.05) is 164 Å². The number of nitrogens with one attached hydrogen (secondary N) is 5. The lowest BCUT2D eigenvalue weighted by molar-refractivity contribution is -0.134. The summed E-state index contributed by atoms with van der Waals surface area (Å²) in [5.74, 6) is -4.72. The molecular weight excluding hydrogens is 1710 g/mol. The van der Waals surface area contributed by atoms with Gasteiger partial charge in [0.25, 0.3) is 0 Å². The second kappa shape index (κ2) is 45.3. The van der Waals surface area contributed by atoms with Gasteiger partial charge in [-0.05, 0) is 197 Å². The maximum Gasteiger partial charge on any atom is 0.410 e. The number of amides is 7. The average Bonchev–Trinajstić information content (AvgIpc) is 1.60. The summed E-state index contributed by atoms with van der Waals surface area (Å²) in [7, 11) is -2.84. The molecule has 7 fully saturated rings. The molecule has 3 saturated heterocycles. The van der Waals surface area contributed by atoms with Crippen molar-refractivity contribution in [1.29, 1.82) is 0 Å². The number of likely N-dealkylation sites (N-methyl/N-ethyl adjacent to an activating group) is 1. The number of likely N-dealkylation sites (tertiary alicyclic amines) is 1. The number of urea groups is 1. The number of ether oxygens (including phenoxy) is 5. The lowest BCUT2D eigenvalue weighted by Gasteiger charge is -2.57. The highest BCUT2D eigenvalue weighted by atomic mass is 35.5. The first kappa shape index (κ1) is 96.5. The van der Waals surface area contributed by atoms with Gasteiger partial charge in [-0.2, -0.15) is 11.8 Å². The maximum absolute atomic E-state index is 17.8. The van der Waals surface area contributed by atoms with Crippen LogP contribution in [0.4, 0.5) is 9.59 Å². The van der Waals surface area contributed by atoms with E-state index in [0.717, 1.165) is 96.1 Å². The monoisotopic (exact) mass is 1830 g/mol. The number of hydrogen-bond acceptors (Lipinski definition) is 19. The number of Topliss-reactive ketones (excluding diaryl/α,β-unsaturated/α-hetero) is 3. The zero-order chi connectivity index (χ0) is 91.5. The Morgan fingerprint density at radius 2 is 1.30 bits per heavy atom. The molecule has 4 heterocycles. The van der Waals surface area contributed by atoms with Crippen LogP contribution in [-0.4, -0.2) is 199 Å². The Labute approximate surface area is 773 Å². The summed E-state index contributed by atoms with van der Waals surface area (Å²) in [5, 5.41) is 20.7. The minimum Gasteiger partial charge on any atom is -0.488 e. The molecule has 5 aliphatic carbocycles. The standard InChI is InChI=1S/C102H128ClN8O17PS/c1-66(96(116)104-62-94(115)110(6)41-20-44-123-46-48-124-47-45-122-43-17-16-26-78(112)25-10-15-32-92-95-88(65-130-92)106-99(119)108-95)49-90(113)87(54-69-33-39-79(40-34-69)126-101(3,4)5)105-98(118)76(57-80-58-86(109-127-80)74-37-35-73(36-38-74)75-23-18-24-77(103)56-75)64-129(121,128-102-59-70-51-71(60-102)53-72(52-70)61-102)93(55-68-21-8-7-9-22-68)107-97(117)67(2)50-91(114)89-31-19-42-111(89)100(120)125-63-85-83-29-13-11-27-81(83)82-28-12-14-30-84(82)85/h7-9,11-14,18,21-24,27-30,33-40,56,58,66-67,70-72,76,85,87-89,92-93,95H,10,15-17,19-20,25-26,31-32,41-55,57,59-65H2,1-6H3,(H,104,116)(H,105,118)(H,107,117)(H2,106,108,119)/t66-,67-,70?,71?,72?,76?,87+,88?,89+,92?,93-,95?,102?,129?/m1/s1. The van der Waals surface area contributed by atoms with E-state index >= 15 is 18.9 Å². The van der Waals surface area contributed by atoms with Crippen LogP contribution in [0, 0.1) is 35.5 Å². The van der Waals surface area contributed by atoms with Crippen molar-refractivity contribution in [2.45, 2.75) is 222 Å². The summed E-state index contributed by atoms with van der Waals surface area (Å²) in [6.07, 6.45) is 10.1. The van der Waals surface area contributed by atoms with Crippen molar-refractivity contribution in [1.82, 2.24) is 41.5 Å². The number of thioether (sulfide) groups is 1. The van der Waals surface area contributed by atoms with Gasteiger partial charge in [0, 0.05) is 123 Å². The van der Waals surface area contributed by atoms with Crippen LogP contribution in [0.15, 0.2) is 162 Å². The van der Waals surface area contributed by atoms with E-state index in [9.17, 15) is 28.8 Å². The van der Waals surface area contributed by atoms with Crippen LogP contribution in [0.2, 0.25) is 5.02 Å². The Balaban J connectivity index is 0.635. The molecule has 25 nitrogen and oxygen atoms in total. The second-order valence-electron chi connectivity index (χ2n) is 38.0. The van der Waals surface area contributed by atoms with Gasteiger partial charge >= 0.3 is 12.1 Å². The second-order valence-corrected chi connectivity index (χ2v) is 42.3. The number of carbonyl (C=O) groups is 9. The number of halogens is 1. The molecule has 4 bridgehead atoms. The molecule has 28 heteroatoms. The number of aromatic nitrogens is 1. The molecule has 5 unspecified atom stereocenters. The highest BCUT2D eigenvalue weighted by Crippen LogP contribution is 2.65. The van der Waals surface area contributed by atoms with E-state index in [1.54, 1.807) is 39.1 Å².